The third-order valence-corrected chi connectivity index (χ3v) is 6.93. The van der Waals surface area contributed by atoms with Gasteiger partial charge in [0.25, 0.3) is 0 Å². The second kappa shape index (κ2) is 8.66. The number of hydrogen-bond donors (Lipinski definition) is 2. The molecule has 8 nitrogen and oxygen atoms in total. The van der Waals surface area contributed by atoms with Gasteiger partial charge in [-0.3, -0.25) is 29.9 Å². The van der Waals surface area contributed by atoms with Crippen molar-refractivity contribution in [1.82, 2.24) is 40.0 Å². The molecule has 1 aliphatic heterocycles. The molecular formula is C28H24N8. The summed E-state index contributed by atoms with van der Waals surface area (Å²) in [4.78, 5) is 23.8. The van der Waals surface area contributed by atoms with Crippen LogP contribution in [0.1, 0.15) is 18.4 Å². The van der Waals surface area contributed by atoms with Crippen LogP contribution < -0.4 is 0 Å². The summed E-state index contributed by atoms with van der Waals surface area (Å²) in [5.74, 6) is 0. The Bertz CT molecular complexity index is 1680. The zero-order valence-electron chi connectivity index (χ0n) is 19.6. The highest BCUT2D eigenvalue weighted by molar-refractivity contribution is 6.01. The number of H-pyrrole nitrogens is 2. The number of rotatable bonds is 5. The van der Waals surface area contributed by atoms with Gasteiger partial charge in [0.1, 0.15) is 5.69 Å². The molecular weight excluding hydrogens is 448 g/mol. The van der Waals surface area contributed by atoms with Crippen molar-refractivity contribution in [3.8, 4) is 33.8 Å². The lowest BCUT2D eigenvalue weighted by Gasteiger charge is -2.14. The smallest absolute Gasteiger partial charge is 0.116 e. The molecule has 1 aliphatic rings. The molecule has 36 heavy (non-hydrogen) atoms. The molecule has 6 aromatic rings. The molecule has 0 unspecified atom stereocenters. The molecule has 6 aromatic heterocycles. The van der Waals surface area contributed by atoms with E-state index in [1.165, 1.54) is 18.4 Å². The number of likely N-dealkylation sites (tertiary alicyclic amines) is 1. The van der Waals surface area contributed by atoms with Gasteiger partial charge in [0.05, 0.1) is 34.8 Å². The lowest BCUT2D eigenvalue weighted by atomic mass is 10.0. The second-order valence-corrected chi connectivity index (χ2v) is 9.32. The maximum absolute atomic E-state index is 4.70. The summed E-state index contributed by atoms with van der Waals surface area (Å²) >= 11 is 0. The van der Waals surface area contributed by atoms with E-state index in [-0.39, 0.29) is 0 Å². The van der Waals surface area contributed by atoms with Crippen LogP contribution in [0, 0.1) is 0 Å². The zero-order chi connectivity index (χ0) is 23.9. The van der Waals surface area contributed by atoms with E-state index in [1.807, 2.05) is 43.1 Å². The maximum Gasteiger partial charge on any atom is 0.116 e. The summed E-state index contributed by atoms with van der Waals surface area (Å²) in [7, 11) is 0. The Labute approximate surface area is 207 Å². The van der Waals surface area contributed by atoms with Gasteiger partial charge < -0.3 is 4.98 Å². The van der Waals surface area contributed by atoms with E-state index in [9.17, 15) is 0 Å². The van der Waals surface area contributed by atoms with Crippen LogP contribution in [0.5, 0.6) is 0 Å². The van der Waals surface area contributed by atoms with E-state index in [0.29, 0.717) is 0 Å². The van der Waals surface area contributed by atoms with Crippen LogP contribution in [0.4, 0.5) is 0 Å². The molecule has 0 amide bonds. The van der Waals surface area contributed by atoms with Crippen LogP contribution in [-0.2, 0) is 6.54 Å². The first kappa shape index (κ1) is 20.9. The van der Waals surface area contributed by atoms with Crippen molar-refractivity contribution in [2.24, 2.45) is 0 Å². The largest absolute Gasteiger partial charge is 0.352 e. The Balaban J connectivity index is 1.28. The van der Waals surface area contributed by atoms with E-state index in [1.54, 1.807) is 12.4 Å². The Hall–Kier alpha value is -4.43. The first-order chi connectivity index (χ1) is 17.8. The topological polar surface area (TPSA) is 99.3 Å². The average molecular weight is 473 g/mol. The van der Waals surface area contributed by atoms with Crippen molar-refractivity contribution in [2.75, 3.05) is 13.1 Å². The fraction of sp³-hybridized carbons (Fsp3) is 0.179. The van der Waals surface area contributed by atoms with Gasteiger partial charge in [0, 0.05) is 59.4 Å². The standard InChI is InChI=1S/C28H24N8/c1-2-8-36(7-1)17-18-9-20(13-30-12-18)24-11-22-27(16-32-24)34-35-28(22)25-10-21-23(14-31-15-26(21)33-25)19-3-5-29-6-4-19/h3-6,9-16,33H,1-2,7-8,17H2,(H,34,35). The molecule has 0 atom stereocenters. The molecule has 1 saturated heterocycles. The van der Waals surface area contributed by atoms with E-state index < -0.39 is 0 Å². The minimum atomic E-state index is 0.853. The number of aromatic nitrogens is 7. The van der Waals surface area contributed by atoms with Crippen molar-refractivity contribution in [3.05, 3.63) is 79.3 Å². The molecule has 0 aliphatic carbocycles. The minimum absolute atomic E-state index is 0.853. The van der Waals surface area contributed by atoms with Crippen LogP contribution in [-0.4, -0.2) is 53.1 Å². The number of aromatic amines is 2. The van der Waals surface area contributed by atoms with Crippen molar-refractivity contribution >= 4 is 21.8 Å². The summed E-state index contributed by atoms with van der Waals surface area (Å²) < 4.78 is 0. The first-order valence-corrected chi connectivity index (χ1v) is 12.2. The molecule has 7 heterocycles. The van der Waals surface area contributed by atoms with Gasteiger partial charge in [-0.25, -0.2) is 0 Å². The third-order valence-electron chi connectivity index (χ3n) is 6.93. The van der Waals surface area contributed by atoms with Crippen LogP contribution >= 0.6 is 0 Å². The van der Waals surface area contributed by atoms with E-state index in [4.69, 9.17) is 4.98 Å². The summed E-state index contributed by atoms with van der Waals surface area (Å²) in [6, 6.07) is 10.4. The van der Waals surface area contributed by atoms with E-state index in [0.717, 1.165) is 75.2 Å². The molecule has 8 heteroatoms. The highest BCUT2D eigenvalue weighted by Crippen LogP contribution is 2.34. The summed E-state index contributed by atoms with van der Waals surface area (Å²) in [5, 5.41) is 9.87. The lowest BCUT2D eigenvalue weighted by Crippen LogP contribution is -2.18. The molecule has 0 saturated carbocycles. The van der Waals surface area contributed by atoms with Crippen molar-refractivity contribution in [2.45, 2.75) is 19.4 Å². The number of nitrogens with one attached hydrogen (secondary N) is 2. The molecule has 0 aromatic carbocycles. The first-order valence-electron chi connectivity index (χ1n) is 12.2. The number of hydrogen-bond acceptors (Lipinski definition) is 6. The van der Waals surface area contributed by atoms with Crippen molar-refractivity contribution in [3.63, 3.8) is 0 Å². The van der Waals surface area contributed by atoms with Gasteiger partial charge in [0.15, 0.2) is 0 Å². The van der Waals surface area contributed by atoms with Crippen LogP contribution in [0.3, 0.4) is 0 Å². The van der Waals surface area contributed by atoms with Gasteiger partial charge in [-0.15, -0.1) is 0 Å². The third kappa shape index (κ3) is 3.72. The predicted octanol–water partition coefficient (Wildman–Crippen LogP) is 5.22. The van der Waals surface area contributed by atoms with Gasteiger partial charge >= 0.3 is 0 Å². The number of fused-ring (bicyclic) bond motifs is 2. The second-order valence-electron chi connectivity index (χ2n) is 9.32. The Kier molecular flexibility index (Phi) is 5.03. The average Bonchev–Trinajstić information content (AvgIpc) is 3.68. The van der Waals surface area contributed by atoms with Gasteiger partial charge in [-0.1, -0.05) is 0 Å². The van der Waals surface area contributed by atoms with Crippen molar-refractivity contribution < 1.29 is 0 Å². The Morgan fingerprint density at radius 1 is 0.778 bits per heavy atom. The summed E-state index contributed by atoms with van der Waals surface area (Å²) in [6.07, 6.45) is 15.6. The molecule has 1 fully saturated rings. The molecule has 0 radical (unpaired) electrons. The quantitative estimate of drug-likeness (QED) is 0.357. The van der Waals surface area contributed by atoms with Crippen LogP contribution in [0.25, 0.3) is 55.6 Å². The SMILES string of the molecule is c1cc(-c2cncc3[nH]c(-c4n[nH]c5cnc(-c6cncc(CN7CCCC7)c6)cc45)cc23)ccn1. The monoisotopic (exact) mass is 472 g/mol. The normalized spacial score (nSPS) is 14.2. The van der Waals surface area contributed by atoms with Crippen LogP contribution in [0.2, 0.25) is 0 Å². The highest BCUT2D eigenvalue weighted by atomic mass is 15.1. The molecule has 2 N–H and O–H groups in total. The fourth-order valence-electron chi connectivity index (χ4n) is 5.13. The van der Waals surface area contributed by atoms with Crippen molar-refractivity contribution in [1.29, 1.82) is 0 Å². The predicted molar refractivity (Wildman–Crippen MR) is 140 cm³/mol. The lowest BCUT2D eigenvalue weighted by molar-refractivity contribution is 0.331. The van der Waals surface area contributed by atoms with Gasteiger partial charge in [-0.05, 0) is 67.4 Å². The number of pyridine rings is 4. The maximum atomic E-state index is 4.70. The van der Waals surface area contributed by atoms with Gasteiger partial charge in [0.2, 0.25) is 0 Å². The van der Waals surface area contributed by atoms with Crippen LogP contribution in [0.15, 0.2) is 73.7 Å². The summed E-state index contributed by atoms with van der Waals surface area (Å²) in [5.41, 5.74) is 8.89. The van der Waals surface area contributed by atoms with E-state index >= 15 is 0 Å². The van der Waals surface area contributed by atoms with E-state index in [2.05, 4.69) is 53.2 Å². The fourth-order valence-corrected chi connectivity index (χ4v) is 5.13. The molecule has 0 bridgehead atoms. The Morgan fingerprint density at radius 3 is 2.53 bits per heavy atom. The summed E-state index contributed by atoms with van der Waals surface area (Å²) in [6.45, 7) is 3.26. The molecule has 176 valence electrons. The molecule has 0 spiro atoms. The Morgan fingerprint density at radius 2 is 1.64 bits per heavy atom. The van der Waals surface area contributed by atoms with Gasteiger partial charge in [-0.2, -0.15) is 5.10 Å². The highest BCUT2D eigenvalue weighted by Gasteiger charge is 2.16. The number of nitrogens with zero attached hydrogens (tertiary/aromatic N) is 6. The molecule has 7 rings (SSSR count). The minimum Gasteiger partial charge on any atom is -0.352 e. The zero-order valence-corrected chi connectivity index (χ0v) is 19.6.